The van der Waals surface area contributed by atoms with E-state index in [0.29, 0.717) is 11.4 Å². The van der Waals surface area contributed by atoms with Gasteiger partial charge < -0.3 is 4.74 Å². The van der Waals surface area contributed by atoms with Gasteiger partial charge in [0, 0.05) is 35.4 Å². The molecule has 1 atom stereocenters. The Kier molecular flexibility index (Phi) is 8.00. The SMILES string of the molecule is C#CCc1c(F)c(F)c(COC(=O)C(c2cnc(C(C)(C)CC)nc2)C(C)C)c(F)c1F. The fourth-order valence-corrected chi connectivity index (χ4v) is 3.14. The normalized spacial score (nSPS) is 12.5. The van der Waals surface area contributed by atoms with E-state index in [1.807, 2.05) is 26.7 Å². The van der Waals surface area contributed by atoms with Gasteiger partial charge in [0.15, 0.2) is 23.3 Å². The van der Waals surface area contributed by atoms with Crippen molar-refractivity contribution >= 4 is 5.97 Å². The summed E-state index contributed by atoms with van der Waals surface area (Å²) in [6.07, 6.45) is 8.21. The maximum absolute atomic E-state index is 14.3. The Hall–Kier alpha value is -2.95. The highest BCUT2D eigenvalue weighted by Crippen LogP contribution is 2.29. The second kappa shape index (κ2) is 10.1. The molecule has 0 amide bonds. The van der Waals surface area contributed by atoms with Crippen LogP contribution in [0.3, 0.4) is 0 Å². The molecule has 0 radical (unpaired) electrons. The minimum atomic E-state index is -1.64. The summed E-state index contributed by atoms with van der Waals surface area (Å²) >= 11 is 0. The molecule has 0 aliphatic carbocycles. The van der Waals surface area contributed by atoms with Gasteiger partial charge in [0.05, 0.1) is 11.5 Å². The summed E-state index contributed by atoms with van der Waals surface area (Å²) in [5.74, 6) is -5.86. The summed E-state index contributed by atoms with van der Waals surface area (Å²) in [6, 6.07) is 0. The Morgan fingerprint density at radius 3 is 2.00 bits per heavy atom. The number of ether oxygens (including phenoxy) is 1. The highest BCUT2D eigenvalue weighted by molar-refractivity contribution is 5.78. The molecule has 2 rings (SSSR count). The van der Waals surface area contributed by atoms with Crippen molar-refractivity contribution in [3.05, 3.63) is 58.2 Å². The average Bonchev–Trinajstić information content (AvgIpc) is 2.75. The highest BCUT2D eigenvalue weighted by atomic mass is 19.2. The van der Waals surface area contributed by atoms with E-state index in [2.05, 4.69) is 9.97 Å². The fraction of sp³-hybridized carbons (Fsp3) is 0.458. The van der Waals surface area contributed by atoms with Gasteiger partial charge in [-0.25, -0.2) is 27.5 Å². The summed E-state index contributed by atoms with van der Waals surface area (Å²) < 4.78 is 61.8. The van der Waals surface area contributed by atoms with Gasteiger partial charge in [-0.2, -0.15) is 0 Å². The summed E-state index contributed by atoms with van der Waals surface area (Å²) in [7, 11) is 0. The van der Waals surface area contributed by atoms with E-state index < -0.39 is 59.3 Å². The molecule has 4 nitrogen and oxygen atoms in total. The maximum atomic E-state index is 14.3. The van der Waals surface area contributed by atoms with Crippen molar-refractivity contribution in [1.82, 2.24) is 9.97 Å². The van der Waals surface area contributed by atoms with Gasteiger partial charge in [-0.3, -0.25) is 4.79 Å². The van der Waals surface area contributed by atoms with E-state index in [0.717, 1.165) is 6.42 Å². The summed E-state index contributed by atoms with van der Waals surface area (Å²) in [4.78, 5) is 21.4. The molecule has 0 fully saturated rings. The molecular formula is C24H26F4N2O2. The molecule has 172 valence electrons. The third-order valence-corrected chi connectivity index (χ3v) is 5.52. The Morgan fingerprint density at radius 1 is 1.06 bits per heavy atom. The molecule has 1 aromatic carbocycles. The van der Waals surface area contributed by atoms with E-state index in [-0.39, 0.29) is 11.3 Å². The number of hydrogen-bond donors (Lipinski definition) is 0. The Labute approximate surface area is 185 Å². The van der Waals surface area contributed by atoms with Gasteiger partial charge >= 0.3 is 5.97 Å². The van der Waals surface area contributed by atoms with Gasteiger partial charge in [-0.1, -0.05) is 34.6 Å². The molecule has 1 aromatic heterocycles. The van der Waals surface area contributed by atoms with Crippen molar-refractivity contribution in [2.24, 2.45) is 5.92 Å². The molecule has 0 aliphatic rings. The number of carbonyl (C=O) groups excluding carboxylic acids is 1. The van der Waals surface area contributed by atoms with Crippen molar-refractivity contribution in [1.29, 1.82) is 0 Å². The molecule has 0 bridgehead atoms. The first-order valence-electron chi connectivity index (χ1n) is 10.2. The molecule has 0 aliphatic heterocycles. The summed E-state index contributed by atoms with van der Waals surface area (Å²) in [6.45, 7) is 8.52. The van der Waals surface area contributed by atoms with Crippen molar-refractivity contribution in [2.75, 3.05) is 0 Å². The lowest BCUT2D eigenvalue weighted by Gasteiger charge is -2.23. The van der Waals surface area contributed by atoms with Crippen LogP contribution in [-0.4, -0.2) is 15.9 Å². The highest BCUT2D eigenvalue weighted by Gasteiger charge is 2.30. The van der Waals surface area contributed by atoms with Crippen LogP contribution in [0.4, 0.5) is 17.6 Å². The zero-order valence-electron chi connectivity index (χ0n) is 18.7. The lowest BCUT2D eigenvalue weighted by molar-refractivity contribution is -0.148. The van der Waals surface area contributed by atoms with Crippen LogP contribution in [-0.2, 0) is 28.0 Å². The Morgan fingerprint density at radius 2 is 1.56 bits per heavy atom. The van der Waals surface area contributed by atoms with Crippen LogP contribution in [0.1, 0.15) is 69.5 Å². The predicted molar refractivity (Wildman–Crippen MR) is 112 cm³/mol. The molecule has 8 heteroatoms. The van der Waals surface area contributed by atoms with E-state index in [1.165, 1.54) is 12.4 Å². The first kappa shape index (κ1) is 25.3. The number of esters is 1. The minimum Gasteiger partial charge on any atom is -0.460 e. The fourth-order valence-electron chi connectivity index (χ4n) is 3.14. The van der Waals surface area contributed by atoms with E-state index in [1.54, 1.807) is 13.8 Å². The van der Waals surface area contributed by atoms with Gasteiger partial charge in [-0.05, 0) is 12.3 Å². The smallest absolute Gasteiger partial charge is 0.314 e. The second-order valence-electron chi connectivity index (χ2n) is 8.50. The van der Waals surface area contributed by atoms with Crippen LogP contribution >= 0.6 is 0 Å². The van der Waals surface area contributed by atoms with E-state index >= 15 is 0 Å². The largest absolute Gasteiger partial charge is 0.460 e. The van der Waals surface area contributed by atoms with Gasteiger partial charge in [0.25, 0.3) is 0 Å². The first-order valence-corrected chi connectivity index (χ1v) is 10.2. The number of aromatic nitrogens is 2. The van der Waals surface area contributed by atoms with Crippen LogP contribution in [0, 0.1) is 41.5 Å². The van der Waals surface area contributed by atoms with Crippen molar-refractivity contribution in [2.45, 2.75) is 65.4 Å². The zero-order valence-corrected chi connectivity index (χ0v) is 18.7. The van der Waals surface area contributed by atoms with E-state index in [9.17, 15) is 22.4 Å². The van der Waals surface area contributed by atoms with Crippen LogP contribution in [0.25, 0.3) is 0 Å². The number of rotatable bonds is 8. The minimum absolute atomic E-state index is 0.249. The van der Waals surface area contributed by atoms with Crippen LogP contribution in [0.5, 0.6) is 0 Å². The zero-order chi connectivity index (χ0) is 24.2. The molecule has 0 saturated heterocycles. The quantitative estimate of drug-likeness (QED) is 0.235. The van der Waals surface area contributed by atoms with Gasteiger partial charge in [0.2, 0.25) is 0 Å². The lowest BCUT2D eigenvalue weighted by atomic mass is 9.88. The van der Waals surface area contributed by atoms with Gasteiger partial charge in [0.1, 0.15) is 12.4 Å². The Balaban J connectivity index is 2.28. The monoisotopic (exact) mass is 450 g/mol. The predicted octanol–water partition coefficient (Wildman–Crippen LogP) is 5.38. The third-order valence-electron chi connectivity index (χ3n) is 5.52. The summed E-state index contributed by atoms with van der Waals surface area (Å²) in [5, 5.41) is 0. The number of terminal acetylenes is 1. The number of benzene rings is 1. The molecule has 0 N–H and O–H groups in total. The third kappa shape index (κ3) is 5.09. The molecule has 1 heterocycles. The van der Waals surface area contributed by atoms with Crippen molar-refractivity contribution < 1.29 is 27.1 Å². The topological polar surface area (TPSA) is 52.1 Å². The molecular weight excluding hydrogens is 424 g/mol. The number of nitrogens with zero attached hydrogens (tertiary/aromatic N) is 2. The van der Waals surface area contributed by atoms with Crippen molar-refractivity contribution in [3.63, 3.8) is 0 Å². The second-order valence-corrected chi connectivity index (χ2v) is 8.50. The number of hydrogen-bond acceptors (Lipinski definition) is 4. The summed E-state index contributed by atoms with van der Waals surface area (Å²) in [5.41, 5.74) is -1.69. The molecule has 1 unspecified atom stereocenters. The van der Waals surface area contributed by atoms with Crippen LogP contribution in [0.15, 0.2) is 12.4 Å². The first-order chi connectivity index (χ1) is 15.0. The number of halogens is 4. The van der Waals surface area contributed by atoms with Gasteiger partial charge in [-0.15, -0.1) is 12.3 Å². The average molecular weight is 450 g/mol. The van der Waals surface area contributed by atoms with Crippen LogP contribution in [0.2, 0.25) is 0 Å². The molecule has 0 spiro atoms. The Bertz CT molecular complexity index is 999. The molecule has 2 aromatic rings. The number of carbonyl (C=O) groups is 1. The molecule has 32 heavy (non-hydrogen) atoms. The van der Waals surface area contributed by atoms with Crippen molar-refractivity contribution in [3.8, 4) is 12.3 Å². The standard InChI is InChI=1S/C24H26F4N2O2/c1-7-9-15-18(25)20(27)16(21(28)19(15)26)12-32-22(31)17(13(3)4)14-10-29-23(30-11-14)24(5,6)8-2/h1,10-11,13,17H,8-9,12H2,2-6H3. The maximum Gasteiger partial charge on any atom is 0.314 e. The lowest BCUT2D eigenvalue weighted by Crippen LogP contribution is -2.24. The molecule has 0 saturated carbocycles. The van der Waals surface area contributed by atoms with Crippen LogP contribution < -0.4 is 0 Å². The van der Waals surface area contributed by atoms with E-state index in [4.69, 9.17) is 11.2 Å².